The molecule has 1 aliphatic heterocycles. The van der Waals surface area contributed by atoms with Crippen LogP contribution in [0.4, 0.5) is 0 Å². The van der Waals surface area contributed by atoms with Gasteiger partial charge in [0.1, 0.15) is 6.61 Å². The molecule has 1 aromatic rings. The normalized spacial score (nSPS) is 32.1. The van der Waals surface area contributed by atoms with Gasteiger partial charge in [0.05, 0.1) is 6.61 Å². The molecule has 2 bridgehead atoms. The monoisotopic (exact) mass is 331 g/mol. The summed E-state index contributed by atoms with van der Waals surface area (Å²) in [6, 6.07) is 4.59. The number of ether oxygens (including phenoxy) is 2. The minimum Gasteiger partial charge on any atom is -0.504 e. The van der Waals surface area contributed by atoms with Crippen LogP contribution >= 0.6 is 0 Å². The van der Waals surface area contributed by atoms with Crippen molar-refractivity contribution >= 4 is 0 Å². The fraction of sp³-hybridized carbons (Fsp3) is 0.700. The first-order valence-electron chi connectivity index (χ1n) is 9.34. The molecule has 1 saturated heterocycles. The molecule has 1 aromatic carbocycles. The third kappa shape index (κ3) is 2.34. The SMILES string of the molecule is COCCOc1c(O)ccc2c1C13CCCC[C@H]1[C@@H](C2)N(C)CC3. The fourth-order valence-corrected chi connectivity index (χ4v) is 5.65. The Bertz CT molecular complexity index is 617. The van der Waals surface area contributed by atoms with Gasteiger partial charge < -0.3 is 19.5 Å². The molecule has 132 valence electrons. The number of likely N-dealkylation sites (tertiary alicyclic amines) is 1. The van der Waals surface area contributed by atoms with E-state index in [4.69, 9.17) is 9.47 Å². The first-order chi connectivity index (χ1) is 11.7. The van der Waals surface area contributed by atoms with Gasteiger partial charge in [-0.25, -0.2) is 0 Å². The Morgan fingerprint density at radius 3 is 2.96 bits per heavy atom. The van der Waals surface area contributed by atoms with Gasteiger partial charge in [0.15, 0.2) is 11.5 Å². The number of phenolic OH excluding ortho intramolecular Hbond substituents is 1. The minimum atomic E-state index is 0.199. The number of nitrogens with zero attached hydrogens (tertiary/aromatic N) is 1. The van der Waals surface area contributed by atoms with Crippen LogP contribution in [0.15, 0.2) is 12.1 Å². The highest BCUT2D eigenvalue weighted by Gasteiger charge is 2.54. The zero-order valence-corrected chi connectivity index (χ0v) is 14.9. The lowest BCUT2D eigenvalue weighted by atomic mass is 9.52. The lowest BCUT2D eigenvalue weighted by Crippen LogP contribution is -2.59. The summed E-state index contributed by atoms with van der Waals surface area (Å²) in [6.45, 7) is 2.18. The summed E-state index contributed by atoms with van der Waals surface area (Å²) in [5, 5.41) is 10.5. The molecule has 3 aliphatic rings. The first-order valence-corrected chi connectivity index (χ1v) is 9.34. The number of likely N-dealkylation sites (N-methyl/N-ethyl adjacent to an activating group) is 1. The molecule has 1 unspecified atom stereocenters. The highest BCUT2D eigenvalue weighted by atomic mass is 16.5. The molecule has 4 heteroatoms. The lowest BCUT2D eigenvalue weighted by molar-refractivity contribution is 0.000588. The molecule has 1 N–H and O–H groups in total. The molecule has 2 fully saturated rings. The third-order valence-corrected chi connectivity index (χ3v) is 6.72. The number of piperidine rings is 1. The Morgan fingerprint density at radius 1 is 1.25 bits per heavy atom. The van der Waals surface area contributed by atoms with Gasteiger partial charge in [-0.3, -0.25) is 0 Å². The Kier molecular flexibility index (Phi) is 4.21. The lowest BCUT2D eigenvalue weighted by Gasteiger charge is -2.58. The van der Waals surface area contributed by atoms with E-state index < -0.39 is 0 Å². The van der Waals surface area contributed by atoms with E-state index in [0.29, 0.717) is 30.9 Å². The zero-order valence-electron chi connectivity index (χ0n) is 14.9. The van der Waals surface area contributed by atoms with Crippen molar-refractivity contribution in [2.45, 2.75) is 50.0 Å². The summed E-state index contributed by atoms with van der Waals surface area (Å²) < 4.78 is 11.2. The van der Waals surface area contributed by atoms with Crippen LogP contribution in [-0.2, 0) is 16.6 Å². The van der Waals surface area contributed by atoms with Crippen molar-refractivity contribution in [3.8, 4) is 11.5 Å². The summed E-state index contributed by atoms with van der Waals surface area (Å²) in [4.78, 5) is 2.56. The average Bonchev–Trinajstić information content (AvgIpc) is 2.60. The molecule has 0 radical (unpaired) electrons. The second-order valence-corrected chi connectivity index (χ2v) is 7.80. The molecule has 24 heavy (non-hydrogen) atoms. The highest BCUT2D eigenvalue weighted by Crippen LogP contribution is 2.59. The predicted molar refractivity (Wildman–Crippen MR) is 93.9 cm³/mol. The molecular weight excluding hydrogens is 302 g/mol. The van der Waals surface area contributed by atoms with Gasteiger partial charge in [-0.1, -0.05) is 18.9 Å². The van der Waals surface area contributed by atoms with Crippen LogP contribution in [0.25, 0.3) is 0 Å². The van der Waals surface area contributed by atoms with Crippen molar-refractivity contribution in [3.63, 3.8) is 0 Å². The minimum absolute atomic E-state index is 0.199. The topological polar surface area (TPSA) is 41.9 Å². The number of benzene rings is 1. The van der Waals surface area contributed by atoms with Gasteiger partial charge in [-0.15, -0.1) is 0 Å². The number of methoxy groups -OCH3 is 1. The van der Waals surface area contributed by atoms with Gasteiger partial charge >= 0.3 is 0 Å². The highest BCUT2D eigenvalue weighted by molar-refractivity contribution is 5.56. The molecular formula is C20H29NO3. The van der Waals surface area contributed by atoms with Gasteiger partial charge in [-0.2, -0.15) is 0 Å². The largest absolute Gasteiger partial charge is 0.504 e. The van der Waals surface area contributed by atoms with Crippen LogP contribution in [0.5, 0.6) is 11.5 Å². The van der Waals surface area contributed by atoms with Crippen LogP contribution in [0.3, 0.4) is 0 Å². The number of fused-ring (bicyclic) bond motifs is 1. The molecule has 3 atom stereocenters. The Labute approximate surface area is 144 Å². The van der Waals surface area contributed by atoms with E-state index in [9.17, 15) is 5.11 Å². The van der Waals surface area contributed by atoms with Crippen LogP contribution in [0.1, 0.15) is 43.2 Å². The third-order valence-electron chi connectivity index (χ3n) is 6.72. The maximum atomic E-state index is 10.5. The summed E-state index contributed by atoms with van der Waals surface area (Å²) in [7, 11) is 3.96. The summed E-state index contributed by atoms with van der Waals surface area (Å²) in [5.41, 5.74) is 2.91. The smallest absolute Gasteiger partial charge is 0.165 e. The van der Waals surface area contributed by atoms with Crippen LogP contribution < -0.4 is 4.74 Å². The van der Waals surface area contributed by atoms with Crippen molar-refractivity contribution < 1.29 is 14.6 Å². The van der Waals surface area contributed by atoms with Gasteiger partial charge in [-0.05, 0) is 56.8 Å². The maximum absolute atomic E-state index is 10.5. The molecule has 1 saturated carbocycles. The standard InChI is InChI=1S/C20H29NO3/c1-21-10-9-20-8-4-3-5-15(20)16(21)13-14-6-7-17(22)19(18(14)20)24-12-11-23-2/h6-7,15-16,22H,3-5,8-13H2,1-2H3/t15-,16+,20?/m0/s1. The molecule has 0 amide bonds. The van der Waals surface area contributed by atoms with Crippen LogP contribution in [0, 0.1) is 5.92 Å². The van der Waals surface area contributed by atoms with Gasteiger partial charge in [0.2, 0.25) is 0 Å². The van der Waals surface area contributed by atoms with Crippen molar-refractivity contribution in [2.75, 3.05) is 33.9 Å². The van der Waals surface area contributed by atoms with E-state index >= 15 is 0 Å². The van der Waals surface area contributed by atoms with E-state index in [1.54, 1.807) is 7.11 Å². The average molecular weight is 331 g/mol. The van der Waals surface area contributed by atoms with E-state index in [-0.39, 0.29) is 5.41 Å². The van der Waals surface area contributed by atoms with Gasteiger partial charge in [0, 0.05) is 24.1 Å². The van der Waals surface area contributed by atoms with Crippen molar-refractivity contribution in [1.82, 2.24) is 4.90 Å². The summed E-state index contributed by atoms with van der Waals surface area (Å²) >= 11 is 0. The molecule has 0 aromatic heterocycles. The molecule has 1 heterocycles. The number of rotatable bonds is 4. The molecule has 4 rings (SSSR count). The summed E-state index contributed by atoms with van der Waals surface area (Å²) in [5.74, 6) is 1.73. The van der Waals surface area contributed by atoms with Crippen LogP contribution in [0.2, 0.25) is 0 Å². The number of hydrogen-bond acceptors (Lipinski definition) is 4. The van der Waals surface area contributed by atoms with Crippen molar-refractivity contribution in [1.29, 1.82) is 0 Å². The maximum Gasteiger partial charge on any atom is 0.165 e. The molecule has 2 aliphatic carbocycles. The summed E-state index contributed by atoms with van der Waals surface area (Å²) in [6.07, 6.45) is 7.44. The Morgan fingerprint density at radius 2 is 2.12 bits per heavy atom. The number of hydrogen-bond donors (Lipinski definition) is 1. The second-order valence-electron chi connectivity index (χ2n) is 7.80. The number of phenols is 1. The fourth-order valence-electron chi connectivity index (χ4n) is 5.65. The van der Waals surface area contributed by atoms with Gasteiger partial charge in [0.25, 0.3) is 0 Å². The van der Waals surface area contributed by atoms with E-state index in [1.165, 1.54) is 43.2 Å². The van der Waals surface area contributed by atoms with E-state index in [0.717, 1.165) is 18.7 Å². The van der Waals surface area contributed by atoms with E-state index in [2.05, 4.69) is 18.0 Å². The Hall–Kier alpha value is -1.26. The predicted octanol–water partition coefficient (Wildman–Crippen LogP) is 3.11. The zero-order chi connectivity index (χ0) is 16.7. The quantitative estimate of drug-likeness (QED) is 0.861. The second kappa shape index (κ2) is 6.23. The van der Waals surface area contributed by atoms with E-state index in [1.807, 2.05) is 6.07 Å². The van der Waals surface area contributed by atoms with Crippen LogP contribution in [-0.4, -0.2) is 50.0 Å². The Balaban J connectivity index is 1.82. The van der Waals surface area contributed by atoms with Crippen molar-refractivity contribution in [3.05, 3.63) is 23.3 Å². The molecule has 0 spiro atoms. The molecule has 4 nitrogen and oxygen atoms in total. The first kappa shape index (κ1) is 16.2. The van der Waals surface area contributed by atoms with Crippen molar-refractivity contribution in [2.24, 2.45) is 5.92 Å². The number of aromatic hydroxyl groups is 1.